The summed E-state index contributed by atoms with van der Waals surface area (Å²) in [6.07, 6.45) is 12.4. The van der Waals surface area contributed by atoms with Crippen LogP contribution in [0.4, 0.5) is 17.1 Å². The molecule has 1 nitrogen and oxygen atoms in total. The summed E-state index contributed by atoms with van der Waals surface area (Å²) in [7, 11) is 0. The molecule has 0 amide bonds. The van der Waals surface area contributed by atoms with Crippen molar-refractivity contribution in [2.45, 2.75) is 88.9 Å². The monoisotopic (exact) mass is 739 g/mol. The Morgan fingerprint density at radius 2 is 1.16 bits per heavy atom. The van der Waals surface area contributed by atoms with Gasteiger partial charge in [0.05, 0.1) is 0 Å². The van der Waals surface area contributed by atoms with Crippen molar-refractivity contribution in [2.24, 2.45) is 11.8 Å². The second-order valence-electron chi connectivity index (χ2n) is 18.4. The third-order valence-corrected chi connectivity index (χ3v) is 14.7. The minimum atomic E-state index is -0.118. The van der Waals surface area contributed by atoms with E-state index in [1.165, 1.54) is 141 Å². The van der Waals surface area contributed by atoms with E-state index in [-0.39, 0.29) is 5.41 Å². The molecule has 0 heterocycles. The van der Waals surface area contributed by atoms with Crippen LogP contribution in [-0.4, -0.2) is 0 Å². The lowest BCUT2D eigenvalue weighted by atomic mass is 9.82. The highest BCUT2D eigenvalue weighted by molar-refractivity contribution is 5.91. The van der Waals surface area contributed by atoms with Crippen molar-refractivity contribution in [3.05, 3.63) is 174 Å². The average molecular weight is 740 g/mol. The van der Waals surface area contributed by atoms with Gasteiger partial charge in [0, 0.05) is 22.5 Å². The highest BCUT2D eigenvalue weighted by Gasteiger charge is 2.40. The standard InChI is InChI=1S/C56H53N/c1-56(2)54-30-23-46(45-18-17-39-11-6-7-12-42(39)34-45)35-53(54)51-29-28-50(36-55(51)56)57(49-26-21-41(22-27-49)52-32-37-15-16-47(52)31-37)48-24-19-40(20-25-48)44-14-8-13-43(33-44)38-9-4-3-5-10-38/h6-8,11-14,17-30,33-38,47,52H,3-5,9-10,15-16,31-32H2,1-2H3. The van der Waals surface area contributed by atoms with E-state index < -0.39 is 0 Å². The van der Waals surface area contributed by atoms with Crippen molar-refractivity contribution >= 4 is 27.8 Å². The molecule has 0 aromatic heterocycles. The summed E-state index contributed by atoms with van der Waals surface area (Å²) in [6.45, 7) is 4.81. The Labute approximate surface area is 339 Å². The second kappa shape index (κ2) is 13.9. The lowest BCUT2D eigenvalue weighted by Crippen LogP contribution is -2.16. The smallest absolute Gasteiger partial charge is 0.0465 e. The Hall–Kier alpha value is -5.40. The van der Waals surface area contributed by atoms with Crippen LogP contribution in [0.2, 0.25) is 0 Å². The van der Waals surface area contributed by atoms with Gasteiger partial charge in [-0.3, -0.25) is 0 Å². The van der Waals surface area contributed by atoms with Gasteiger partial charge in [-0.15, -0.1) is 0 Å². The van der Waals surface area contributed by atoms with Gasteiger partial charge in [-0.05, 0) is 171 Å². The van der Waals surface area contributed by atoms with Gasteiger partial charge in [-0.1, -0.05) is 143 Å². The van der Waals surface area contributed by atoms with Crippen molar-refractivity contribution in [3.63, 3.8) is 0 Å². The first-order valence-electron chi connectivity index (χ1n) is 21.9. The second-order valence-corrected chi connectivity index (χ2v) is 18.4. The Balaban J connectivity index is 0.965. The van der Waals surface area contributed by atoms with Crippen molar-refractivity contribution in [3.8, 4) is 33.4 Å². The first-order chi connectivity index (χ1) is 28.0. The Kier molecular flexibility index (Phi) is 8.50. The minimum absolute atomic E-state index is 0.118. The predicted octanol–water partition coefficient (Wildman–Crippen LogP) is 15.9. The van der Waals surface area contributed by atoms with Crippen molar-refractivity contribution < 1.29 is 0 Å². The maximum absolute atomic E-state index is 2.49. The molecule has 3 unspecified atom stereocenters. The van der Waals surface area contributed by atoms with E-state index in [1.54, 1.807) is 0 Å². The zero-order chi connectivity index (χ0) is 38.1. The Morgan fingerprint density at radius 1 is 0.456 bits per heavy atom. The molecule has 3 atom stereocenters. The average Bonchev–Trinajstić information content (AvgIpc) is 3.97. The molecule has 3 saturated carbocycles. The van der Waals surface area contributed by atoms with E-state index >= 15 is 0 Å². The molecule has 57 heavy (non-hydrogen) atoms. The predicted molar refractivity (Wildman–Crippen MR) is 241 cm³/mol. The third kappa shape index (κ3) is 6.13. The van der Waals surface area contributed by atoms with Gasteiger partial charge in [0.1, 0.15) is 0 Å². The van der Waals surface area contributed by atoms with Crippen LogP contribution in [0.1, 0.15) is 106 Å². The fraction of sp³-hybridized carbons (Fsp3) is 0.286. The highest BCUT2D eigenvalue weighted by Crippen LogP contribution is 2.54. The number of rotatable bonds is 7. The van der Waals surface area contributed by atoms with Crippen LogP contribution in [0.25, 0.3) is 44.2 Å². The Bertz CT molecular complexity index is 2600. The number of hydrogen-bond acceptors (Lipinski definition) is 1. The van der Waals surface area contributed by atoms with Crippen LogP contribution in [0, 0.1) is 11.8 Å². The molecule has 282 valence electrons. The van der Waals surface area contributed by atoms with Gasteiger partial charge < -0.3 is 4.90 Å². The molecular weight excluding hydrogens is 687 g/mol. The quantitative estimate of drug-likeness (QED) is 0.157. The first-order valence-corrected chi connectivity index (χ1v) is 21.9. The molecule has 3 fully saturated rings. The van der Waals surface area contributed by atoms with E-state index in [0.29, 0.717) is 5.92 Å². The molecule has 2 bridgehead atoms. The molecule has 4 aliphatic rings. The van der Waals surface area contributed by atoms with E-state index in [9.17, 15) is 0 Å². The number of nitrogens with zero attached hydrogens (tertiary/aromatic N) is 1. The fourth-order valence-electron chi connectivity index (χ4n) is 11.6. The molecular formula is C56H53N. The SMILES string of the molecule is CC1(C)c2ccc(-c3ccc4ccccc4c3)cc2-c2ccc(N(c3ccc(-c4cccc(C5CCCCC5)c4)cc3)c3ccc(C4CC5CCC4C5)cc3)cc21. The van der Waals surface area contributed by atoms with Gasteiger partial charge in [-0.25, -0.2) is 0 Å². The highest BCUT2D eigenvalue weighted by atomic mass is 15.1. The summed E-state index contributed by atoms with van der Waals surface area (Å²) >= 11 is 0. The topological polar surface area (TPSA) is 3.24 Å². The molecule has 0 aliphatic heterocycles. The maximum atomic E-state index is 2.49. The molecule has 4 aliphatic carbocycles. The van der Waals surface area contributed by atoms with Gasteiger partial charge >= 0.3 is 0 Å². The molecule has 1 heteroatoms. The van der Waals surface area contributed by atoms with E-state index in [1.807, 2.05) is 0 Å². The van der Waals surface area contributed by atoms with Crippen molar-refractivity contribution in [1.29, 1.82) is 0 Å². The Morgan fingerprint density at radius 3 is 1.93 bits per heavy atom. The maximum Gasteiger partial charge on any atom is 0.0465 e. The van der Waals surface area contributed by atoms with Gasteiger partial charge in [0.2, 0.25) is 0 Å². The molecule has 11 rings (SSSR count). The lowest BCUT2D eigenvalue weighted by molar-refractivity contribution is 0.420. The minimum Gasteiger partial charge on any atom is -0.310 e. The third-order valence-electron chi connectivity index (χ3n) is 14.7. The van der Waals surface area contributed by atoms with Gasteiger partial charge in [0.25, 0.3) is 0 Å². The van der Waals surface area contributed by atoms with Crippen LogP contribution in [0.3, 0.4) is 0 Å². The van der Waals surface area contributed by atoms with Crippen LogP contribution >= 0.6 is 0 Å². The summed E-state index contributed by atoms with van der Waals surface area (Å²) in [6, 6.07) is 58.3. The van der Waals surface area contributed by atoms with Crippen molar-refractivity contribution in [2.75, 3.05) is 4.90 Å². The number of hydrogen-bond donors (Lipinski definition) is 0. The summed E-state index contributed by atoms with van der Waals surface area (Å²) in [5.41, 5.74) is 17.2. The molecule has 0 radical (unpaired) electrons. The van der Waals surface area contributed by atoms with Crippen LogP contribution in [0.5, 0.6) is 0 Å². The first kappa shape index (κ1) is 34.8. The lowest BCUT2D eigenvalue weighted by Gasteiger charge is -2.29. The number of benzene rings is 7. The summed E-state index contributed by atoms with van der Waals surface area (Å²) < 4.78 is 0. The normalized spacial score (nSPS) is 20.8. The summed E-state index contributed by atoms with van der Waals surface area (Å²) in [4.78, 5) is 2.49. The molecule has 7 aromatic rings. The number of fused-ring (bicyclic) bond motifs is 6. The van der Waals surface area contributed by atoms with E-state index in [4.69, 9.17) is 0 Å². The van der Waals surface area contributed by atoms with Gasteiger partial charge in [0.15, 0.2) is 0 Å². The molecule has 0 N–H and O–H groups in total. The van der Waals surface area contributed by atoms with Crippen LogP contribution in [-0.2, 0) is 5.41 Å². The van der Waals surface area contributed by atoms with Crippen molar-refractivity contribution in [1.82, 2.24) is 0 Å². The zero-order valence-electron chi connectivity index (χ0n) is 33.6. The van der Waals surface area contributed by atoms with Crippen LogP contribution in [0.15, 0.2) is 152 Å². The van der Waals surface area contributed by atoms with E-state index in [2.05, 4.69) is 170 Å². The number of anilines is 3. The van der Waals surface area contributed by atoms with Gasteiger partial charge in [-0.2, -0.15) is 0 Å². The van der Waals surface area contributed by atoms with E-state index in [0.717, 1.165) is 17.8 Å². The molecule has 7 aromatic carbocycles. The molecule has 0 spiro atoms. The molecule has 0 saturated heterocycles. The van der Waals surface area contributed by atoms with Crippen LogP contribution < -0.4 is 4.90 Å². The largest absolute Gasteiger partial charge is 0.310 e. The zero-order valence-corrected chi connectivity index (χ0v) is 33.6. The summed E-state index contributed by atoms with van der Waals surface area (Å²) in [5, 5.41) is 2.56. The fourth-order valence-corrected chi connectivity index (χ4v) is 11.6. The summed E-state index contributed by atoms with van der Waals surface area (Å²) in [5.74, 6) is 3.26.